The van der Waals surface area contributed by atoms with Gasteiger partial charge in [0.2, 0.25) is 15.9 Å². The minimum atomic E-state index is -3.76. The van der Waals surface area contributed by atoms with E-state index < -0.39 is 16.1 Å². The Bertz CT molecular complexity index is 1260. The largest absolute Gasteiger partial charge is 0.360 e. The molecule has 3 aromatic rings. The summed E-state index contributed by atoms with van der Waals surface area (Å²) in [4.78, 5) is 27.7. The van der Waals surface area contributed by atoms with Crippen LogP contribution in [0.2, 0.25) is 0 Å². The van der Waals surface area contributed by atoms with Crippen LogP contribution < -0.4 is 5.32 Å². The molecule has 0 saturated carbocycles. The van der Waals surface area contributed by atoms with Crippen LogP contribution in [0.25, 0.3) is 0 Å². The molecule has 0 spiro atoms. The first kappa shape index (κ1) is 24.6. The Kier molecular flexibility index (Phi) is 7.32. The second kappa shape index (κ2) is 10.4. The standard InChI is InChI=1S/C25H28N4O5S/c1-18-24(19(2)34-27-18)35(32,33)29-15-13-28(14-16-29)23(30)17-22(20-9-5-3-6-10-20)26-25(31)21-11-7-4-8-12-21/h3-12,22H,13-17H2,1-2H3,(H,26,31)/t22-/m0/s1. The zero-order chi connectivity index (χ0) is 25.0. The van der Waals surface area contributed by atoms with E-state index >= 15 is 0 Å². The number of hydrogen-bond acceptors (Lipinski definition) is 6. The van der Waals surface area contributed by atoms with Crippen molar-refractivity contribution in [3.8, 4) is 0 Å². The average molecular weight is 497 g/mol. The Balaban J connectivity index is 1.43. The second-order valence-electron chi connectivity index (χ2n) is 8.45. The highest BCUT2D eigenvalue weighted by Gasteiger charge is 2.34. The average Bonchev–Trinajstić information content (AvgIpc) is 3.23. The van der Waals surface area contributed by atoms with Crippen molar-refractivity contribution >= 4 is 21.8 Å². The summed E-state index contributed by atoms with van der Waals surface area (Å²) in [5.74, 6) is -0.162. The normalized spacial score (nSPS) is 15.5. The van der Waals surface area contributed by atoms with E-state index in [1.54, 1.807) is 43.0 Å². The Morgan fingerprint density at radius 2 is 1.57 bits per heavy atom. The smallest absolute Gasteiger partial charge is 0.251 e. The molecular weight excluding hydrogens is 468 g/mol. The maximum atomic E-state index is 13.2. The monoisotopic (exact) mass is 496 g/mol. The molecule has 4 rings (SSSR count). The van der Waals surface area contributed by atoms with Crippen molar-refractivity contribution in [3.63, 3.8) is 0 Å². The second-order valence-corrected chi connectivity index (χ2v) is 10.3. The summed E-state index contributed by atoms with van der Waals surface area (Å²) in [7, 11) is -3.76. The number of aryl methyl sites for hydroxylation is 2. The fourth-order valence-electron chi connectivity index (χ4n) is 4.22. The van der Waals surface area contributed by atoms with Crippen molar-refractivity contribution in [2.24, 2.45) is 0 Å². The van der Waals surface area contributed by atoms with Crippen LogP contribution >= 0.6 is 0 Å². The Morgan fingerprint density at radius 1 is 0.971 bits per heavy atom. The lowest BCUT2D eigenvalue weighted by molar-refractivity contribution is -0.132. The number of carbonyl (C=O) groups is 2. The Labute approximate surface area is 204 Å². The highest BCUT2D eigenvalue weighted by atomic mass is 32.2. The molecule has 2 aromatic carbocycles. The molecular formula is C25H28N4O5S. The molecule has 9 nitrogen and oxygen atoms in total. The van der Waals surface area contributed by atoms with Crippen molar-refractivity contribution in [3.05, 3.63) is 83.2 Å². The van der Waals surface area contributed by atoms with E-state index in [-0.39, 0.29) is 55.1 Å². The maximum Gasteiger partial charge on any atom is 0.251 e. The topological polar surface area (TPSA) is 113 Å². The van der Waals surface area contributed by atoms with E-state index in [0.29, 0.717) is 11.3 Å². The molecule has 1 atom stereocenters. The molecule has 1 aliphatic rings. The first-order valence-electron chi connectivity index (χ1n) is 11.4. The number of nitrogens with one attached hydrogen (secondary N) is 1. The van der Waals surface area contributed by atoms with E-state index in [4.69, 9.17) is 4.52 Å². The van der Waals surface area contributed by atoms with Gasteiger partial charge in [0.05, 0.1) is 12.5 Å². The highest BCUT2D eigenvalue weighted by molar-refractivity contribution is 7.89. The van der Waals surface area contributed by atoms with Crippen LogP contribution in [0.15, 0.2) is 70.1 Å². The van der Waals surface area contributed by atoms with E-state index in [1.165, 1.54) is 4.31 Å². The van der Waals surface area contributed by atoms with Crippen molar-refractivity contribution in [1.82, 2.24) is 19.7 Å². The number of nitrogens with zero attached hydrogens (tertiary/aromatic N) is 3. The number of carbonyl (C=O) groups excluding carboxylic acids is 2. The third-order valence-electron chi connectivity index (χ3n) is 6.08. The summed E-state index contributed by atoms with van der Waals surface area (Å²) in [6.45, 7) is 4.02. The first-order valence-corrected chi connectivity index (χ1v) is 12.8. The minimum Gasteiger partial charge on any atom is -0.360 e. The lowest BCUT2D eigenvalue weighted by Gasteiger charge is -2.34. The van der Waals surface area contributed by atoms with E-state index in [9.17, 15) is 18.0 Å². The van der Waals surface area contributed by atoms with Gasteiger partial charge in [-0.3, -0.25) is 9.59 Å². The number of sulfonamides is 1. The molecule has 1 aliphatic heterocycles. The van der Waals surface area contributed by atoms with Gasteiger partial charge in [0.15, 0.2) is 5.76 Å². The third kappa shape index (κ3) is 5.44. The summed E-state index contributed by atoms with van der Waals surface area (Å²) in [6.07, 6.45) is 0.0687. The zero-order valence-electron chi connectivity index (χ0n) is 19.7. The molecule has 0 radical (unpaired) electrons. The van der Waals surface area contributed by atoms with Gasteiger partial charge in [0.1, 0.15) is 10.6 Å². The number of rotatable bonds is 7. The highest BCUT2D eigenvalue weighted by Crippen LogP contribution is 2.25. The maximum absolute atomic E-state index is 13.2. The molecule has 2 heterocycles. The number of amides is 2. The number of benzene rings is 2. The van der Waals surface area contributed by atoms with Crippen LogP contribution in [0, 0.1) is 13.8 Å². The molecule has 10 heteroatoms. The van der Waals surface area contributed by atoms with Crippen LogP contribution in [0.5, 0.6) is 0 Å². The molecule has 1 N–H and O–H groups in total. The Morgan fingerprint density at radius 3 is 2.14 bits per heavy atom. The van der Waals surface area contributed by atoms with Crippen LogP contribution in [0.3, 0.4) is 0 Å². The van der Waals surface area contributed by atoms with Gasteiger partial charge in [0, 0.05) is 31.7 Å². The predicted octanol–water partition coefficient (Wildman–Crippen LogP) is 2.69. The molecule has 0 unspecified atom stereocenters. The molecule has 2 amide bonds. The first-order chi connectivity index (χ1) is 16.8. The van der Waals surface area contributed by atoms with E-state index in [1.807, 2.05) is 36.4 Å². The van der Waals surface area contributed by atoms with Gasteiger partial charge in [-0.25, -0.2) is 8.42 Å². The van der Waals surface area contributed by atoms with Gasteiger partial charge in [-0.15, -0.1) is 0 Å². The van der Waals surface area contributed by atoms with Gasteiger partial charge in [-0.05, 0) is 31.5 Å². The molecule has 184 valence electrons. The van der Waals surface area contributed by atoms with Crippen LogP contribution in [0.1, 0.15) is 39.8 Å². The predicted molar refractivity (Wildman–Crippen MR) is 129 cm³/mol. The molecule has 1 aromatic heterocycles. The molecule has 1 saturated heterocycles. The summed E-state index contributed by atoms with van der Waals surface area (Å²) in [5.41, 5.74) is 1.66. The van der Waals surface area contributed by atoms with E-state index in [0.717, 1.165) is 5.56 Å². The van der Waals surface area contributed by atoms with Gasteiger partial charge in [-0.2, -0.15) is 4.31 Å². The van der Waals surface area contributed by atoms with Crippen molar-refractivity contribution in [2.75, 3.05) is 26.2 Å². The lowest BCUT2D eigenvalue weighted by Crippen LogP contribution is -2.51. The summed E-state index contributed by atoms with van der Waals surface area (Å²) < 4.78 is 32.5. The number of hydrogen-bond donors (Lipinski definition) is 1. The minimum absolute atomic E-state index is 0.0687. The quantitative estimate of drug-likeness (QED) is 0.538. The van der Waals surface area contributed by atoms with Gasteiger partial charge >= 0.3 is 0 Å². The molecule has 0 bridgehead atoms. The van der Waals surface area contributed by atoms with Crippen LogP contribution in [-0.4, -0.2) is 60.8 Å². The summed E-state index contributed by atoms with van der Waals surface area (Å²) >= 11 is 0. The molecule has 0 aliphatic carbocycles. The lowest BCUT2D eigenvalue weighted by atomic mass is 10.0. The molecule has 35 heavy (non-hydrogen) atoms. The molecule has 1 fully saturated rings. The fraction of sp³-hybridized carbons (Fsp3) is 0.320. The SMILES string of the molecule is Cc1noc(C)c1S(=O)(=O)N1CCN(C(=O)C[C@H](NC(=O)c2ccccc2)c2ccccc2)CC1. The zero-order valence-corrected chi connectivity index (χ0v) is 20.5. The fourth-order valence-corrected chi connectivity index (χ4v) is 5.94. The summed E-state index contributed by atoms with van der Waals surface area (Å²) in [5, 5.41) is 6.72. The van der Waals surface area contributed by atoms with Crippen LogP contribution in [0.4, 0.5) is 0 Å². The van der Waals surface area contributed by atoms with Crippen molar-refractivity contribution in [1.29, 1.82) is 0 Å². The number of aromatic nitrogens is 1. The number of piperazine rings is 1. The Hall–Kier alpha value is -3.50. The van der Waals surface area contributed by atoms with Gasteiger partial charge < -0.3 is 14.7 Å². The van der Waals surface area contributed by atoms with Crippen molar-refractivity contribution in [2.45, 2.75) is 31.2 Å². The van der Waals surface area contributed by atoms with Gasteiger partial charge in [0.25, 0.3) is 5.91 Å². The van der Waals surface area contributed by atoms with E-state index in [2.05, 4.69) is 10.5 Å². The van der Waals surface area contributed by atoms with Gasteiger partial charge in [-0.1, -0.05) is 53.7 Å². The van der Waals surface area contributed by atoms with Crippen LogP contribution in [-0.2, 0) is 14.8 Å². The summed E-state index contributed by atoms with van der Waals surface area (Å²) in [6, 6.07) is 17.7. The van der Waals surface area contributed by atoms with Crippen molar-refractivity contribution < 1.29 is 22.5 Å². The third-order valence-corrected chi connectivity index (χ3v) is 8.22.